The normalized spacial score (nSPS) is 13.2. The van der Waals surface area contributed by atoms with Crippen LogP contribution in [-0.4, -0.2) is 24.7 Å². The fourth-order valence-corrected chi connectivity index (χ4v) is 7.04. The van der Waals surface area contributed by atoms with Gasteiger partial charge in [-0.2, -0.15) is 0 Å². The Morgan fingerprint density at radius 2 is 1.07 bits per heavy atom. The molecule has 0 aromatic heterocycles. The molecule has 0 saturated carbocycles. The van der Waals surface area contributed by atoms with Crippen molar-refractivity contribution >= 4 is 15.8 Å². The topological polar surface area (TPSA) is 71.4 Å². The Labute approximate surface area is 264 Å². The first kappa shape index (κ1) is 38.6. The largest absolute Gasteiger partial charge is 0.481 e. The Hall–Kier alpha value is -2.40. The lowest BCUT2D eigenvalue weighted by Crippen LogP contribution is -2.21. The van der Waals surface area contributed by atoms with Crippen LogP contribution in [0.2, 0.25) is 0 Å². The van der Waals surface area contributed by atoms with Gasteiger partial charge in [-0.15, -0.1) is 0 Å². The van der Waals surface area contributed by atoms with E-state index in [1.807, 2.05) is 18.2 Å². The highest BCUT2D eigenvalue weighted by Crippen LogP contribution is 2.25. The van der Waals surface area contributed by atoms with Crippen LogP contribution in [0.1, 0.15) is 142 Å². The third kappa shape index (κ3) is 21.9. The van der Waals surface area contributed by atoms with Gasteiger partial charge in [0, 0.05) is 6.42 Å². The van der Waals surface area contributed by atoms with Crippen LogP contribution in [-0.2, 0) is 14.6 Å². The Balaban J connectivity index is 2.29. The number of carbonyl (C=O) groups is 1. The molecule has 1 atom stereocenters. The van der Waals surface area contributed by atoms with E-state index in [1.165, 1.54) is 25.7 Å². The highest BCUT2D eigenvalue weighted by Gasteiger charge is 2.26. The summed E-state index contributed by atoms with van der Waals surface area (Å²) in [5, 5.41) is 8.40. The summed E-state index contributed by atoms with van der Waals surface area (Å²) >= 11 is 0. The van der Waals surface area contributed by atoms with E-state index in [1.54, 1.807) is 12.1 Å². The number of aliphatic carboxylic acids is 1. The van der Waals surface area contributed by atoms with Gasteiger partial charge in [0.05, 0.1) is 10.1 Å². The van der Waals surface area contributed by atoms with Gasteiger partial charge in [0.1, 0.15) is 0 Å². The predicted octanol–water partition coefficient (Wildman–Crippen LogP) is 11.4. The smallest absolute Gasteiger partial charge is 0.303 e. The minimum absolute atomic E-state index is 0.265. The van der Waals surface area contributed by atoms with Gasteiger partial charge in [-0.05, 0) is 76.3 Å². The number of allylic oxidation sites excluding steroid dienone is 8. The van der Waals surface area contributed by atoms with Crippen LogP contribution < -0.4 is 0 Å². The van der Waals surface area contributed by atoms with Crippen LogP contribution in [0.5, 0.6) is 0 Å². The van der Waals surface area contributed by atoms with Crippen LogP contribution in [0.3, 0.4) is 0 Å². The SMILES string of the molecule is CCCCC/C=C\C/C=C\C/C=C\C/C=C\CCCCC(CCCCCCCCCCC(=O)O)S(=O)(=O)c1ccccc1. The molecule has 0 aliphatic rings. The maximum atomic E-state index is 13.4. The molecular weight excluding hydrogens is 552 g/mol. The van der Waals surface area contributed by atoms with E-state index in [4.69, 9.17) is 5.11 Å². The molecule has 0 bridgehead atoms. The van der Waals surface area contributed by atoms with Gasteiger partial charge in [0.25, 0.3) is 0 Å². The van der Waals surface area contributed by atoms with Crippen molar-refractivity contribution in [2.45, 2.75) is 152 Å². The predicted molar refractivity (Wildman–Crippen MR) is 184 cm³/mol. The molecule has 0 amide bonds. The molecule has 5 heteroatoms. The van der Waals surface area contributed by atoms with E-state index in [0.717, 1.165) is 103 Å². The second-order valence-electron chi connectivity index (χ2n) is 11.6. The third-order valence-electron chi connectivity index (χ3n) is 7.78. The lowest BCUT2D eigenvalue weighted by atomic mass is 10.0. The molecule has 1 aromatic carbocycles. The minimum Gasteiger partial charge on any atom is -0.481 e. The average molecular weight is 613 g/mol. The summed E-state index contributed by atoms with van der Waals surface area (Å²) in [6.07, 6.45) is 38.7. The van der Waals surface area contributed by atoms with Crippen LogP contribution in [0.4, 0.5) is 0 Å². The second-order valence-corrected chi connectivity index (χ2v) is 13.8. The first-order valence-electron chi connectivity index (χ1n) is 17.1. The molecule has 43 heavy (non-hydrogen) atoms. The monoisotopic (exact) mass is 612 g/mol. The first-order chi connectivity index (χ1) is 21.0. The minimum atomic E-state index is -3.32. The summed E-state index contributed by atoms with van der Waals surface area (Å²) in [5.41, 5.74) is 0. The lowest BCUT2D eigenvalue weighted by Gasteiger charge is -2.18. The van der Waals surface area contributed by atoms with E-state index in [-0.39, 0.29) is 11.7 Å². The summed E-state index contributed by atoms with van der Waals surface area (Å²) < 4.78 is 26.8. The van der Waals surface area contributed by atoms with Crippen molar-refractivity contribution < 1.29 is 18.3 Å². The Bertz CT molecular complexity index is 1020. The maximum Gasteiger partial charge on any atom is 0.303 e. The van der Waals surface area contributed by atoms with Gasteiger partial charge >= 0.3 is 5.97 Å². The molecule has 1 unspecified atom stereocenters. The van der Waals surface area contributed by atoms with Gasteiger partial charge < -0.3 is 5.11 Å². The first-order valence-corrected chi connectivity index (χ1v) is 18.6. The van der Waals surface area contributed by atoms with Gasteiger partial charge in [0.2, 0.25) is 0 Å². The molecule has 4 nitrogen and oxygen atoms in total. The quantitative estimate of drug-likeness (QED) is 0.0755. The van der Waals surface area contributed by atoms with Gasteiger partial charge in [-0.25, -0.2) is 8.42 Å². The van der Waals surface area contributed by atoms with Crippen LogP contribution in [0, 0.1) is 0 Å². The van der Waals surface area contributed by atoms with Gasteiger partial charge in [0.15, 0.2) is 9.84 Å². The summed E-state index contributed by atoms with van der Waals surface area (Å²) in [6.45, 7) is 2.24. The number of rotatable bonds is 28. The molecule has 1 N–H and O–H groups in total. The van der Waals surface area contributed by atoms with Gasteiger partial charge in [-0.1, -0.05) is 138 Å². The molecule has 0 radical (unpaired) electrons. The summed E-state index contributed by atoms with van der Waals surface area (Å²) in [7, 11) is -3.32. The van der Waals surface area contributed by atoms with Crippen molar-refractivity contribution in [2.24, 2.45) is 0 Å². The zero-order chi connectivity index (χ0) is 31.3. The summed E-state index contributed by atoms with van der Waals surface area (Å²) in [6, 6.07) is 8.94. The molecule has 0 spiro atoms. The molecule has 1 aromatic rings. The number of unbranched alkanes of at least 4 members (excludes halogenated alkanes) is 12. The average Bonchev–Trinajstić information content (AvgIpc) is 3.00. The Kier molecular flexibility index (Phi) is 24.4. The lowest BCUT2D eigenvalue weighted by molar-refractivity contribution is -0.137. The number of carboxylic acid groups (broad SMARTS) is 1. The van der Waals surface area contributed by atoms with E-state index in [2.05, 4.69) is 55.5 Å². The number of hydrogen-bond donors (Lipinski definition) is 1. The van der Waals surface area contributed by atoms with Crippen LogP contribution >= 0.6 is 0 Å². The molecule has 0 saturated heterocycles. The van der Waals surface area contributed by atoms with E-state index >= 15 is 0 Å². The fraction of sp³-hybridized carbons (Fsp3) is 0.605. The summed E-state index contributed by atoms with van der Waals surface area (Å²) in [4.78, 5) is 11.0. The zero-order valence-electron chi connectivity index (χ0n) is 27.0. The van der Waals surface area contributed by atoms with Crippen molar-refractivity contribution in [1.29, 1.82) is 0 Å². The zero-order valence-corrected chi connectivity index (χ0v) is 27.8. The molecular formula is C38H60O4S. The highest BCUT2D eigenvalue weighted by atomic mass is 32.2. The van der Waals surface area contributed by atoms with Crippen molar-refractivity contribution in [1.82, 2.24) is 0 Å². The number of benzene rings is 1. The van der Waals surface area contributed by atoms with Crippen molar-refractivity contribution in [3.8, 4) is 0 Å². The van der Waals surface area contributed by atoms with Crippen molar-refractivity contribution in [3.63, 3.8) is 0 Å². The Morgan fingerprint density at radius 3 is 1.58 bits per heavy atom. The fourth-order valence-electron chi connectivity index (χ4n) is 5.16. The molecule has 0 heterocycles. The van der Waals surface area contributed by atoms with Gasteiger partial charge in [-0.3, -0.25) is 4.79 Å². The highest BCUT2D eigenvalue weighted by molar-refractivity contribution is 7.92. The van der Waals surface area contributed by atoms with Crippen molar-refractivity contribution in [2.75, 3.05) is 0 Å². The summed E-state index contributed by atoms with van der Waals surface area (Å²) in [5.74, 6) is -0.713. The maximum absolute atomic E-state index is 13.4. The van der Waals surface area contributed by atoms with Crippen LogP contribution in [0.15, 0.2) is 83.8 Å². The third-order valence-corrected chi connectivity index (χ3v) is 10.1. The molecule has 0 fully saturated rings. The Morgan fingerprint density at radius 1 is 0.628 bits per heavy atom. The molecule has 0 aliphatic heterocycles. The standard InChI is InChI=1S/C38H60O4S/c1-2-3-4-5-6-7-8-9-10-11-12-13-14-15-16-19-22-26-31-36(43(41,42)37-33-28-25-29-34-37)32-27-23-20-17-18-21-24-30-35-38(39)40/h6-7,9-10,12-13,15-16,25,28-29,33-34,36H,2-5,8,11,14,17-24,26-27,30-32,35H2,1H3,(H,39,40)/b7-6-,10-9-,13-12-,16-15-. The number of sulfone groups is 1. The van der Waals surface area contributed by atoms with Crippen molar-refractivity contribution in [3.05, 3.63) is 78.9 Å². The molecule has 1 rings (SSSR count). The molecule has 0 aliphatic carbocycles. The number of hydrogen-bond acceptors (Lipinski definition) is 3. The van der Waals surface area contributed by atoms with E-state index in [0.29, 0.717) is 4.90 Å². The van der Waals surface area contributed by atoms with E-state index < -0.39 is 15.8 Å². The van der Waals surface area contributed by atoms with Crippen LogP contribution in [0.25, 0.3) is 0 Å². The number of carboxylic acids is 1. The second kappa shape index (κ2) is 27.2. The molecule has 242 valence electrons. The van der Waals surface area contributed by atoms with E-state index in [9.17, 15) is 13.2 Å².